The molecule has 0 fully saturated rings. The van der Waals surface area contributed by atoms with Crippen molar-refractivity contribution < 1.29 is 9.18 Å². The summed E-state index contributed by atoms with van der Waals surface area (Å²) in [6.45, 7) is 0. The van der Waals surface area contributed by atoms with E-state index in [0.29, 0.717) is 17.2 Å². The Morgan fingerprint density at radius 1 is 1.23 bits per heavy atom. The minimum atomic E-state index is -1.71. The SMILES string of the molecule is O=C(Nc1ccccc1)C(F)SC1=NN=C(c2cccs2)C1. The normalized spacial score (nSPS) is 15.1. The minimum Gasteiger partial charge on any atom is -0.323 e. The van der Waals surface area contributed by atoms with Gasteiger partial charge in [-0.2, -0.15) is 5.10 Å². The summed E-state index contributed by atoms with van der Waals surface area (Å²) < 4.78 is 14.0. The summed E-state index contributed by atoms with van der Waals surface area (Å²) in [4.78, 5) is 12.8. The standard InChI is InChI=1S/C15H12FN3OS2/c16-14(15(20)17-10-5-2-1-3-6-10)22-13-9-11(18-19-13)12-7-4-8-21-12/h1-8,14H,9H2,(H,17,20). The molecule has 0 saturated carbocycles. The van der Waals surface area contributed by atoms with Crippen molar-refractivity contribution in [2.45, 2.75) is 11.9 Å². The summed E-state index contributed by atoms with van der Waals surface area (Å²) in [6.07, 6.45) is 0.463. The van der Waals surface area contributed by atoms with Crippen LogP contribution < -0.4 is 5.32 Å². The highest BCUT2D eigenvalue weighted by atomic mass is 32.2. The van der Waals surface area contributed by atoms with Gasteiger partial charge >= 0.3 is 0 Å². The molecule has 1 N–H and O–H groups in total. The van der Waals surface area contributed by atoms with Crippen molar-refractivity contribution in [2.24, 2.45) is 10.2 Å². The number of anilines is 1. The number of halogens is 1. The van der Waals surface area contributed by atoms with Gasteiger partial charge in [-0.1, -0.05) is 36.0 Å². The maximum absolute atomic E-state index is 14.0. The van der Waals surface area contributed by atoms with Gasteiger partial charge in [-0.25, -0.2) is 4.39 Å². The lowest BCUT2D eigenvalue weighted by atomic mass is 10.2. The van der Waals surface area contributed by atoms with E-state index in [0.717, 1.165) is 22.4 Å². The molecule has 2 aromatic rings. The van der Waals surface area contributed by atoms with E-state index < -0.39 is 11.4 Å². The van der Waals surface area contributed by atoms with Gasteiger partial charge in [0.15, 0.2) is 0 Å². The molecule has 2 heterocycles. The monoisotopic (exact) mass is 333 g/mol. The lowest BCUT2D eigenvalue weighted by molar-refractivity contribution is -0.118. The summed E-state index contributed by atoms with van der Waals surface area (Å²) in [5, 5.41) is 13.0. The summed E-state index contributed by atoms with van der Waals surface area (Å²) in [7, 11) is 0. The average molecular weight is 333 g/mol. The molecule has 3 rings (SSSR count). The van der Waals surface area contributed by atoms with Crippen molar-refractivity contribution in [3.05, 3.63) is 52.7 Å². The van der Waals surface area contributed by atoms with E-state index in [-0.39, 0.29) is 0 Å². The molecular weight excluding hydrogens is 321 g/mol. The lowest BCUT2D eigenvalue weighted by Crippen LogP contribution is -2.22. The maximum Gasteiger partial charge on any atom is 0.269 e. The van der Waals surface area contributed by atoms with Crippen LogP contribution in [0, 0.1) is 0 Å². The van der Waals surface area contributed by atoms with Crippen LogP contribution in [0.4, 0.5) is 10.1 Å². The topological polar surface area (TPSA) is 53.8 Å². The zero-order chi connectivity index (χ0) is 15.4. The van der Waals surface area contributed by atoms with Crippen LogP contribution in [-0.2, 0) is 4.79 Å². The highest BCUT2D eigenvalue weighted by molar-refractivity contribution is 8.15. The Morgan fingerprint density at radius 3 is 2.77 bits per heavy atom. The van der Waals surface area contributed by atoms with Gasteiger partial charge in [0.1, 0.15) is 5.04 Å². The van der Waals surface area contributed by atoms with Gasteiger partial charge in [0.2, 0.25) is 5.50 Å². The van der Waals surface area contributed by atoms with Crippen LogP contribution >= 0.6 is 23.1 Å². The van der Waals surface area contributed by atoms with Crippen molar-refractivity contribution in [3.63, 3.8) is 0 Å². The summed E-state index contributed by atoms with van der Waals surface area (Å²) >= 11 is 2.36. The molecule has 0 saturated heterocycles. The minimum absolute atomic E-state index is 0.463. The van der Waals surface area contributed by atoms with Crippen molar-refractivity contribution in [3.8, 4) is 0 Å². The second-order valence-electron chi connectivity index (χ2n) is 4.48. The van der Waals surface area contributed by atoms with Crippen LogP contribution in [0.2, 0.25) is 0 Å². The Bertz CT molecular complexity index is 714. The van der Waals surface area contributed by atoms with E-state index in [4.69, 9.17) is 0 Å². The summed E-state index contributed by atoms with van der Waals surface area (Å²) in [5.74, 6) is -0.691. The largest absolute Gasteiger partial charge is 0.323 e. The first-order valence-electron chi connectivity index (χ1n) is 6.56. The third kappa shape index (κ3) is 3.61. The number of hydrogen-bond donors (Lipinski definition) is 1. The first kappa shape index (κ1) is 14.9. The van der Waals surface area contributed by atoms with Crippen molar-refractivity contribution in [2.75, 3.05) is 5.32 Å². The van der Waals surface area contributed by atoms with Gasteiger partial charge in [-0.05, 0) is 23.6 Å². The quantitative estimate of drug-likeness (QED) is 0.922. The molecule has 112 valence electrons. The third-order valence-electron chi connectivity index (χ3n) is 2.89. The van der Waals surface area contributed by atoms with Gasteiger partial charge < -0.3 is 5.32 Å². The predicted molar refractivity (Wildman–Crippen MR) is 90.5 cm³/mol. The van der Waals surface area contributed by atoms with Crippen molar-refractivity contribution in [1.82, 2.24) is 0 Å². The lowest BCUT2D eigenvalue weighted by Gasteiger charge is -2.08. The molecule has 22 heavy (non-hydrogen) atoms. The molecule has 1 unspecified atom stereocenters. The fraction of sp³-hybridized carbons (Fsp3) is 0.133. The Labute approximate surface area is 135 Å². The number of benzene rings is 1. The molecule has 1 amide bonds. The number of nitrogens with zero attached hydrogens (tertiary/aromatic N) is 2. The van der Waals surface area contributed by atoms with Crippen molar-refractivity contribution in [1.29, 1.82) is 0 Å². The molecule has 0 radical (unpaired) electrons. The molecule has 1 aliphatic heterocycles. The number of thiophene rings is 1. The second-order valence-corrected chi connectivity index (χ2v) is 6.55. The Balaban J connectivity index is 1.53. The number of carbonyl (C=O) groups is 1. The fourth-order valence-corrected chi connectivity index (χ4v) is 3.29. The smallest absolute Gasteiger partial charge is 0.269 e. The number of thioether (sulfide) groups is 1. The van der Waals surface area contributed by atoms with Crippen LogP contribution in [0.25, 0.3) is 0 Å². The Hall–Kier alpha value is -1.99. The van der Waals surface area contributed by atoms with E-state index in [2.05, 4.69) is 15.5 Å². The van der Waals surface area contributed by atoms with Gasteiger partial charge in [-0.3, -0.25) is 4.79 Å². The van der Waals surface area contributed by atoms with Crippen LogP contribution in [-0.4, -0.2) is 22.2 Å². The van der Waals surface area contributed by atoms with Gasteiger partial charge in [0, 0.05) is 12.1 Å². The molecule has 7 heteroatoms. The van der Waals surface area contributed by atoms with Crippen molar-refractivity contribution >= 4 is 45.4 Å². The van der Waals surface area contributed by atoms with Crippen LogP contribution in [0.1, 0.15) is 11.3 Å². The number of rotatable bonds is 4. The molecule has 0 aliphatic carbocycles. The molecule has 1 aromatic carbocycles. The molecule has 1 aliphatic rings. The Kier molecular flexibility index (Phi) is 4.65. The molecule has 1 atom stereocenters. The Morgan fingerprint density at radius 2 is 2.05 bits per heavy atom. The summed E-state index contributed by atoms with van der Waals surface area (Å²) in [5.41, 5.74) is -0.329. The average Bonchev–Trinajstić information content (AvgIpc) is 3.19. The summed E-state index contributed by atoms with van der Waals surface area (Å²) in [6, 6.07) is 12.7. The van der Waals surface area contributed by atoms with E-state index in [1.165, 1.54) is 0 Å². The number of amides is 1. The van der Waals surface area contributed by atoms with Crippen LogP contribution in [0.5, 0.6) is 0 Å². The molecule has 1 aromatic heterocycles. The fourth-order valence-electron chi connectivity index (χ4n) is 1.87. The number of alkyl halides is 1. The van der Waals surface area contributed by atoms with Gasteiger partial charge in [0.25, 0.3) is 5.91 Å². The molecule has 0 spiro atoms. The third-order valence-corrected chi connectivity index (χ3v) is 4.73. The first-order chi connectivity index (χ1) is 10.7. The molecule has 0 bridgehead atoms. The maximum atomic E-state index is 14.0. The highest BCUT2D eigenvalue weighted by Gasteiger charge is 2.24. The van der Waals surface area contributed by atoms with Crippen LogP contribution in [0.3, 0.4) is 0 Å². The first-order valence-corrected chi connectivity index (χ1v) is 8.32. The number of para-hydroxylation sites is 1. The van der Waals surface area contributed by atoms with Crippen LogP contribution in [0.15, 0.2) is 58.0 Å². The zero-order valence-electron chi connectivity index (χ0n) is 11.4. The second kappa shape index (κ2) is 6.85. The van der Waals surface area contributed by atoms with E-state index in [9.17, 15) is 9.18 Å². The van der Waals surface area contributed by atoms with Gasteiger partial charge in [-0.15, -0.1) is 16.4 Å². The predicted octanol–water partition coefficient (Wildman–Crippen LogP) is 3.92. The van der Waals surface area contributed by atoms with E-state index >= 15 is 0 Å². The molecular formula is C15H12FN3OS2. The zero-order valence-corrected chi connectivity index (χ0v) is 13.0. The van der Waals surface area contributed by atoms with E-state index in [1.807, 2.05) is 23.6 Å². The number of carbonyl (C=O) groups excluding carboxylic acids is 1. The molecule has 4 nitrogen and oxygen atoms in total. The van der Waals surface area contributed by atoms with Gasteiger partial charge in [0.05, 0.1) is 10.6 Å². The van der Waals surface area contributed by atoms with E-state index in [1.54, 1.807) is 35.6 Å². The number of hydrogen-bond acceptors (Lipinski definition) is 5. The number of nitrogens with one attached hydrogen (secondary N) is 1. The highest BCUT2D eigenvalue weighted by Crippen LogP contribution is 2.25.